The normalized spacial score (nSPS) is 15.0. The molecule has 0 aliphatic heterocycles. The summed E-state index contributed by atoms with van der Waals surface area (Å²) in [6.07, 6.45) is -3.48. The number of nitrogens with two attached hydrogens (primary N) is 1. The van der Waals surface area contributed by atoms with Gasteiger partial charge in [-0.25, -0.2) is 0 Å². The van der Waals surface area contributed by atoms with Gasteiger partial charge in [-0.05, 0) is 12.3 Å². The molecule has 0 aromatic rings. The molecule has 0 rings (SSSR count). The monoisotopic (exact) mass is 198 g/mol. The van der Waals surface area contributed by atoms with Gasteiger partial charge in [0.2, 0.25) is 0 Å². The fourth-order valence-corrected chi connectivity index (χ4v) is 1.09. The Kier molecular flexibility index (Phi) is 5.32. The maximum Gasteiger partial charge on any atom is 0.401 e. The lowest BCUT2D eigenvalue weighted by atomic mass is 10.0. The molecule has 3 N–H and O–H groups in total. The topological polar surface area (TPSA) is 38.0 Å². The lowest BCUT2D eigenvalue weighted by Crippen LogP contribution is -2.42. The minimum absolute atomic E-state index is 0.235. The Hall–Kier alpha value is -0.290. The van der Waals surface area contributed by atoms with E-state index in [2.05, 4.69) is 5.32 Å². The van der Waals surface area contributed by atoms with Gasteiger partial charge in [0.05, 0.1) is 6.54 Å². The summed E-state index contributed by atoms with van der Waals surface area (Å²) in [7, 11) is 0. The van der Waals surface area contributed by atoms with Crippen LogP contribution in [0, 0.1) is 5.92 Å². The van der Waals surface area contributed by atoms with Crippen LogP contribution in [-0.4, -0.2) is 25.3 Å². The van der Waals surface area contributed by atoms with Crippen molar-refractivity contribution >= 4 is 0 Å². The van der Waals surface area contributed by atoms with Gasteiger partial charge in [-0.2, -0.15) is 13.2 Å². The van der Waals surface area contributed by atoms with Gasteiger partial charge in [-0.15, -0.1) is 0 Å². The molecule has 0 saturated heterocycles. The number of nitrogens with one attached hydrogen (secondary N) is 1. The van der Waals surface area contributed by atoms with Crippen LogP contribution in [0.5, 0.6) is 0 Å². The van der Waals surface area contributed by atoms with Crippen molar-refractivity contribution in [3.63, 3.8) is 0 Å². The number of hydrogen-bond acceptors (Lipinski definition) is 2. The van der Waals surface area contributed by atoms with Crippen molar-refractivity contribution in [1.82, 2.24) is 5.32 Å². The standard InChI is InChI=1S/C8H17F3N2/c1-6(2)3-7(4-12)13-5-8(9,10)11/h6-7,13H,3-5,12H2,1-2H3. The fourth-order valence-electron chi connectivity index (χ4n) is 1.09. The highest BCUT2D eigenvalue weighted by Gasteiger charge is 2.27. The molecule has 0 aliphatic rings. The molecule has 0 bridgehead atoms. The number of rotatable bonds is 5. The molecule has 0 aromatic heterocycles. The zero-order chi connectivity index (χ0) is 10.5. The number of hydrogen-bond donors (Lipinski definition) is 2. The zero-order valence-electron chi connectivity index (χ0n) is 7.99. The van der Waals surface area contributed by atoms with E-state index < -0.39 is 12.7 Å². The van der Waals surface area contributed by atoms with Crippen LogP contribution in [0.25, 0.3) is 0 Å². The van der Waals surface area contributed by atoms with Gasteiger partial charge in [0.25, 0.3) is 0 Å². The Balaban J connectivity index is 3.72. The highest BCUT2D eigenvalue weighted by Crippen LogP contribution is 2.13. The lowest BCUT2D eigenvalue weighted by molar-refractivity contribution is -0.126. The molecule has 13 heavy (non-hydrogen) atoms. The third kappa shape index (κ3) is 8.05. The first-order valence-corrected chi connectivity index (χ1v) is 4.35. The highest BCUT2D eigenvalue weighted by molar-refractivity contribution is 4.71. The van der Waals surface area contributed by atoms with Gasteiger partial charge >= 0.3 is 6.18 Å². The van der Waals surface area contributed by atoms with E-state index in [1.165, 1.54) is 0 Å². The Morgan fingerprint density at radius 1 is 1.31 bits per heavy atom. The minimum Gasteiger partial charge on any atom is -0.329 e. The quantitative estimate of drug-likeness (QED) is 0.702. The van der Waals surface area contributed by atoms with Crippen LogP contribution in [0.1, 0.15) is 20.3 Å². The molecule has 0 saturated carbocycles. The van der Waals surface area contributed by atoms with Crippen molar-refractivity contribution in [2.75, 3.05) is 13.1 Å². The Bertz CT molecular complexity index is 134. The second-order valence-electron chi connectivity index (χ2n) is 3.56. The molecule has 0 fully saturated rings. The van der Waals surface area contributed by atoms with Crippen LogP contribution in [0.2, 0.25) is 0 Å². The molecule has 5 heteroatoms. The largest absolute Gasteiger partial charge is 0.401 e. The van der Waals surface area contributed by atoms with Crippen LogP contribution in [0.15, 0.2) is 0 Å². The molecule has 2 nitrogen and oxygen atoms in total. The smallest absolute Gasteiger partial charge is 0.329 e. The second-order valence-corrected chi connectivity index (χ2v) is 3.56. The molecular formula is C8H17F3N2. The first-order chi connectivity index (χ1) is 5.85. The summed E-state index contributed by atoms with van der Waals surface area (Å²) in [6, 6.07) is -0.235. The van der Waals surface area contributed by atoms with Crippen LogP contribution in [0.3, 0.4) is 0 Å². The van der Waals surface area contributed by atoms with E-state index in [1.54, 1.807) is 0 Å². The fraction of sp³-hybridized carbons (Fsp3) is 1.00. The van der Waals surface area contributed by atoms with Gasteiger partial charge in [-0.1, -0.05) is 13.8 Å². The SMILES string of the molecule is CC(C)CC(CN)NCC(F)(F)F. The third-order valence-electron chi connectivity index (χ3n) is 1.63. The third-order valence-corrected chi connectivity index (χ3v) is 1.63. The summed E-state index contributed by atoms with van der Waals surface area (Å²) < 4.78 is 35.4. The number of alkyl halides is 3. The predicted octanol–water partition coefficient (Wildman–Crippen LogP) is 1.51. The summed E-state index contributed by atoms with van der Waals surface area (Å²) in [5.41, 5.74) is 5.32. The van der Waals surface area contributed by atoms with Gasteiger partial charge in [0, 0.05) is 12.6 Å². The summed E-state index contributed by atoms with van der Waals surface area (Å²) >= 11 is 0. The molecule has 1 atom stereocenters. The summed E-state index contributed by atoms with van der Waals surface area (Å²) in [5, 5.41) is 2.39. The molecule has 0 aliphatic carbocycles. The molecule has 80 valence electrons. The van der Waals surface area contributed by atoms with Gasteiger partial charge in [0.15, 0.2) is 0 Å². The van der Waals surface area contributed by atoms with E-state index in [1.807, 2.05) is 13.8 Å². The van der Waals surface area contributed by atoms with E-state index in [0.717, 1.165) is 0 Å². The van der Waals surface area contributed by atoms with Crippen molar-refractivity contribution < 1.29 is 13.2 Å². The van der Waals surface area contributed by atoms with E-state index >= 15 is 0 Å². The molecule has 0 aromatic carbocycles. The van der Waals surface area contributed by atoms with E-state index in [4.69, 9.17) is 5.73 Å². The van der Waals surface area contributed by atoms with Crippen molar-refractivity contribution in [2.45, 2.75) is 32.5 Å². The van der Waals surface area contributed by atoms with Gasteiger partial charge in [-0.3, -0.25) is 0 Å². The van der Waals surface area contributed by atoms with Crippen LogP contribution in [0.4, 0.5) is 13.2 Å². The maximum absolute atomic E-state index is 11.8. The average Bonchev–Trinajstić information content (AvgIpc) is 1.95. The van der Waals surface area contributed by atoms with Crippen molar-refractivity contribution in [2.24, 2.45) is 11.7 Å². The van der Waals surface area contributed by atoms with E-state index in [9.17, 15) is 13.2 Å². The molecule has 0 spiro atoms. The van der Waals surface area contributed by atoms with Crippen molar-refractivity contribution in [3.8, 4) is 0 Å². The van der Waals surface area contributed by atoms with Crippen molar-refractivity contribution in [1.29, 1.82) is 0 Å². The molecular weight excluding hydrogens is 181 g/mol. The lowest BCUT2D eigenvalue weighted by Gasteiger charge is -2.19. The maximum atomic E-state index is 11.8. The minimum atomic E-state index is -4.15. The highest BCUT2D eigenvalue weighted by atomic mass is 19.4. The zero-order valence-corrected chi connectivity index (χ0v) is 7.99. The number of halogens is 3. The Labute approximate surface area is 76.7 Å². The second kappa shape index (κ2) is 5.44. The Morgan fingerprint density at radius 3 is 2.15 bits per heavy atom. The van der Waals surface area contributed by atoms with E-state index in [0.29, 0.717) is 12.3 Å². The summed E-state index contributed by atoms with van der Waals surface area (Å²) in [4.78, 5) is 0. The van der Waals surface area contributed by atoms with Gasteiger partial charge in [0.1, 0.15) is 0 Å². The van der Waals surface area contributed by atoms with E-state index in [-0.39, 0.29) is 12.6 Å². The summed E-state index contributed by atoms with van der Waals surface area (Å²) in [5.74, 6) is 0.356. The molecule has 0 amide bonds. The average molecular weight is 198 g/mol. The van der Waals surface area contributed by atoms with Crippen molar-refractivity contribution in [3.05, 3.63) is 0 Å². The van der Waals surface area contributed by atoms with Crippen LogP contribution >= 0.6 is 0 Å². The summed E-state index contributed by atoms with van der Waals surface area (Å²) in [6.45, 7) is 3.20. The Morgan fingerprint density at radius 2 is 1.85 bits per heavy atom. The molecule has 0 heterocycles. The molecule has 1 unspecified atom stereocenters. The van der Waals surface area contributed by atoms with Crippen LogP contribution < -0.4 is 11.1 Å². The molecule has 0 radical (unpaired) electrons. The predicted molar refractivity (Wildman–Crippen MR) is 46.4 cm³/mol. The first kappa shape index (κ1) is 12.7. The van der Waals surface area contributed by atoms with Crippen LogP contribution in [-0.2, 0) is 0 Å². The first-order valence-electron chi connectivity index (χ1n) is 4.35. The van der Waals surface area contributed by atoms with Gasteiger partial charge < -0.3 is 11.1 Å².